The van der Waals surface area contributed by atoms with Crippen molar-refractivity contribution in [2.75, 3.05) is 26.3 Å². The maximum absolute atomic E-state index is 5.21. The monoisotopic (exact) mass is 197 g/mol. The molecular weight excluding hydrogens is 182 g/mol. The Morgan fingerprint density at radius 3 is 3.07 bits per heavy atom. The average Bonchev–Trinajstić information content (AvgIpc) is 2.51. The Hall–Kier alpha value is -0.940. The van der Waals surface area contributed by atoms with E-state index in [0.29, 0.717) is 12.5 Å². The van der Waals surface area contributed by atoms with E-state index in [1.54, 1.807) is 0 Å². The predicted molar refractivity (Wildman–Crippen MR) is 50.1 cm³/mol. The smallest absolute Gasteiger partial charge is 0.232 e. The third-order valence-corrected chi connectivity index (χ3v) is 2.29. The summed E-state index contributed by atoms with van der Waals surface area (Å²) in [6.07, 6.45) is 0.734. The van der Waals surface area contributed by atoms with Gasteiger partial charge in [-0.05, 0) is 6.92 Å². The van der Waals surface area contributed by atoms with Crippen LogP contribution in [0.15, 0.2) is 4.52 Å². The highest BCUT2D eigenvalue weighted by molar-refractivity contribution is 5.00. The molecule has 0 radical (unpaired) electrons. The van der Waals surface area contributed by atoms with E-state index in [4.69, 9.17) is 9.26 Å². The van der Waals surface area contributed by atoms with E-state index in [2.05, 4.69) is 15.5 Å². The van der Waals surface area contributed by atoms with Crippen LogP contribution in [0, 0.1) is 0 Å². The number of ether oxygens (including phenoxy) is 1. The van der Waals surface area contributed by atoms with Crippen LogP contribution in [0.25, 0.3) is 0 Å². The van der Waals surface area contributed by atoms with Gasteiger partial charge in [-0.25, -0.2) is 0 Å². The molecule has 2 heterocycles. The maximum Gasteiger partial charge on any atom is 0.232 e. The molecule has 0 bridgehead atoms. The Labute approximate surface area is 82.8 Å². The summed E-state index contributed by atoms with van der Waals surface area (Å²) in [5, 5.41) is 7.07. The van der Waals surface area contributed by atoms with E-state index < -0.39 is 0 Å². The molecule has 2 rings (SSSR count). The van der Waals surface area contributed by atoms with Crippen molar-refractivity contribution in [2.45, 2.75) is 19.3 Å². The molecule has 1 fully saturated rings. The van der Waals surface area contributed by atoms with Gasteiger partial charge in [-0.1, -0.05) is 5.16 Å². The predicted octanol–water partition coefficient (Wildman–Crippen LogP) is 0.335. The fraction of sp³-hybridized carbons (Fsp3) is 0.778. The lowest BCUT2D eigenvalue weighted by Gasteiger charge is -2.22. The fourth-order valence-corrected chi connectivity index (χ4v) is 1.31. The highest BCUT2D eigenvalue weighted by Gasteiger charge is 2.24. The second kappa shape index (κ2) is 4.52. The highest BCUT2D eigenvalue weighted by atomic mass is 16.5. The molecule has 0 atom stereocenters. The van der Waals surface area contributed by atoms with Crippen LogP contribution in [-0.2, 0) is 11.2 Å². The molecule has 0 amide bonds. The topological polar surface area (TPSA) is 60.2 Å². The molecule has 5 nitrogen and oxygen atoms in total. The number of nitrogens with one attached hydrogen (secondary N) is 1. The zero-order valence-corrected chi connectivity index (χ0v) is 8.32. The number of hydrogen-bond acceptors (Lipinski definition) is 5. The Balaban J connectivity index is 1.83. The summed E-state index contributed by atoms with van der Waals surface area (Å²) in [6, 6.07) is 0. The standard InChI is InChI=1S/C9H15N3O2/c1-2-13-4-3-8-11-9(14-12-8)7-5-10-6-7/h7,10H,2-6H2,1H3. The summed E-state index contributed by atoms with van der Waals surface area (Å²) < 4.78 is 10.4. The van der Waals surface area contributed by atoms with Crippen LogP contribution < -0.4 is 5.32 Å². The first-order valence-electron chi connectivity index (χ1n) is 5.01. The van der Waals surface area contributed by atoms with Gasteiger partial charge in [-0.2, -0.15) is 4.98 Å². The van der Waals surface area contributed by atoms with Gasteiger partial charge < -0.3 is 14.6 Å². The Morgan fingerprint density at radius 2 is 2.43 bits per heavy atom. The third kappa shape index (κ3) is 2.10. The molecular formula is C9H15N3O2. The van der Waals surface area contributed by atoms with Crippen LogP contribution >= 0.6 is 0 Å². The number of aromatic nitrogens is 2. The first kappa shape index (κ1) is 9.61. The average molecular weight is 197 g/mol. The van der Waals surface area contributed by atoms with Crippen molar-refractivity contribution in [3.63, 3.8) is 0 Å². The zero-order valence-electron chi connectivity index (χ0n) is 8.32. The minimum Gasteiger partial charge on any atom is -0.381 e. The van der Waals surface area contributed by atoms with Gasteiger partial charge in [0.15, 0.2) is 5.82 Å². The summed E-state index contributed by atoms with van der Waals surface area (Å²) in [6.45, 7) is 5.28. The second-order valence-corrected chi connectivity index (χ2v) is 3.35. The summed E-state index contributed by atoms with van der Waals surface area (Å²) in [5.74, 6) is 1.93. The van der Waals surface area contributed by atoms with Gasteiger partial charge in [0, 0.05) is 26.1 Å². The van der Waals surface area contributed by atoms with Gasteiger partial charge >= 0.3 is 0 Å². The molecule has 0 aliphatic carbocycles. The Morgan fingerprint density at radius 1 is 1.57 bits per heavy atom. The number of rotatable bonds is 5. The Kier molecular flexibility index (Phi) is 3.10. The van der Waals surface area contributed by atoms with E-state index in [-0.39, 0.29) is 0 Å². The molecule has 5 heteroatoms. The lowest BCUT2D eigenvalue weighted by molar-refractivity contribution is 0.149. The van der Waals surface area contributed by atoms with E-state index in [1.807, 2.05) is 6.92 Å². The maximum atomic E-state index is 5.21. The minimum atomic E-state index is 0.420. The molecule has 0 spiro atoms. The van der Waals surface area contributed by atoms with Crippen LogP contribution in [0.5, 0.6) is 0 Å². The first-order valence-corrected chi connectivity index (χ1v) is 5.01. The molecule has 1 N–H and O–H groups in total. The normalized spacial score (nSPS) is 16.9. The lowest BCUT2D eigenvalue weighted by Crippen LogP contribution is -2.40. The minimum absolute atomic E-state index is 0.420. The van der Waals surface area contributed by atoms with Crippen molar-refractivity contribution in [2.24, 2.45) is 0 Å². The molecule has 0 aromatic carbocycles. The van der Waals surface area contributed by atoms with E-state index >= 15 is 0 Å². The van der Waals surface area contributed by atoms with E-state index in [1.165, 1.54) is 0 Å². The van der Waals surface area contributed by atoms with Gasteiger partial charge in [-0.15, -0.1) is 0 Å². The van der Waals surface area contributed by atoms with Gasteiger partial charge in [0.05, 0.1) is 12.5 Å². The summed E-state index contributed by atoms with van der Waals surface area (Å²) in [4.78, 5) is 4.31. The van der Waals surface area contributed by atoms with Crippen molar-refractivity contribution >= 4 is 0 Å². The molecule has 78 valence electrons. The molecule has 1 aliphatic heterocycles. The number of hydrogen-bond donors (Lipinski definition) is 1. The zero-order chi connectivity index (χ0) is 9.80. The Bertz CT molecular complexity index is 283. The van der Waals surface area contributed by atoms with Gasteiger partial charge in [0.1, 0.15) is 0 Å². The number of nitrogens with zero attached hydrogens (tertiary/aromatic N) is 2. The molecule has 1 aromatic heterocycles. The first-order chi connectivity index (χ1) is 6.90. The highest BCUT2D eigenvalue weighted by Crippen LogP contribution is 2.17. The molecule has 1 aliphatic rings. The van der Waals surface area contributed by atoms with Crippen molar-refractivity contribution < 1.29 is 9.26 Å². The fourth-order valence-electron chi connectivity index (χ4n) is 1.31. The molecule has 1 saturated heterocycles. The van der Waals surface area contributed by atoms with Crippen molar-refractivity contribution in [3.8, 4) is 0 Å². The van der Waals surface area contributed by atoms with Crippen molar-refractivity contribution in [3.05, 3.63) is 11.7 Å². The van der Waals surface area contributed by atoms with Gasteiger partial charge in [0.25, 0.3) is 0 Å². The van der Waals surface area contributed by atoms with Gasteiger partial charge in [-0.3, -0.25) is 0 Å². The van der Waals surface area contributed by atoms with Crippen LogP contribution in [0.4, 0.5) is 0 Å². The van der Waals surface area contributed by atoms with Gasteiger partial charge in [0.2, 0.25) is 5.89 Å². The molecule has 0 unspecified atom stereocenters. The second-order valence-electron chi connectivity index (χ2n) is 3.35. The van der Waals surface area contributed by atoms with E-state index in [9.17, 15) is 0 Å². The lowest BCUT2D eigenvalue weighted by atomic mass is 10.0. The van der Waals surface area contributed by atoms with Crippen molar-refractivity contribution in [1.29, 1.82) is 0 Å². The van der Waals surface area contributed by atoms with E-state index in [0.717, 1.165) is 37.8 Å². The van der Waals surface area contributed by atoms with Crippen LogP contribution in [-0.4, -0.2) is 36.4 Å². The molecule has 1 aromatic rings. The summed E-state index contributed by atoms with van der Waals surface area (Å²) in [5.41, 5.74) is 0. The SMILES string of the molecule is CCOCCc1noc(C2CNC2)n1. The largest absolute Gasteiger partial charge is 0.381 e. The molecule has 0 saturated carbocycles. The van der Waals surface area contributed by atoms with Crippen LogP contribution in [0.2, 0.25) is 0 Å². The third-order valence-electron chi connectivity index (χ3n) is 2.29. The molecule has 14 heavy (non-hydrogen) atoms. The summed E-state index contributed by atoms with van der Waals surface area (Å²) in [7, 11) is 0. The van der Waals surface area contributed by atoms with Crippen LogP contribution in [0.1, 0.15) is 24.6 Å². The summed E-state index contributed by atoms with van der Waals surface area (Å²) >= 11 is 0. The van der Waals surface area contributed by atoms with Crippen molar-refractivity contribution in [1.82, 2.24) is 15.5 Å². The quantitative estimate of drug-likeness (QED) is 0.689. The van der Waals surface area contributed by atoms with Crippen LogP contribution in [0.3, 0.4) is 0 Å².